The van der Waals surface area contributed by atoms with E-state index in [1.54, 1.807) is 18.2 Å². The van der Waals surface area contributed by atoms with Gasteiger partial charge in [-0.15, -0.1) is 0 Å². The molecule has 2 aromatic heterocycles. The Labute approximate surface area is 242 Å². The minimum atomic E-state index is -4.47. The van der Waals surface area contributed by atoms with Gasteiger partial charge < -0.3 is 19.3 Å². The number of aromatic nitrogens is 3. The maximum Gasteiger partial charge on any atom is 0.401 e. The van der Waals surface area contributed by atoms with Gasteiger partial charge in [0.2, 0.25) is 5.91 Å². The minimum absolute atomic E-state index is 0.0778. The lowest BCUT2D eigenvalue weighted by Crippen LogP contribution is -2.28. The summed E-state index contributed by atoms with van der Waals surface area (Å²) in [6.45, 7) is 0.322. The highest BCUT2D eigenvalue weighted by molar-refractivity contribution is 5.91. The van der Waals surface area contributed by atoms with Crippen LogP contribution in [0.2, 0.25) is 0 Å². The molecule has 0 aliphatic heterocycles. The quantitative estimate of drug-likeness (QED) is 0.188. The summed E-state index contributed by atoms with van der Waals surface area (Å²) in [5.41, 5.74) is 0.897. The molecule has 8 nitrogen and oxygen atoms in total. The van der Waals surface area contributed by atoms with Crippen LogP contribution in [-0.4, -0.2) is 34.3 Å². The third-order valence-electron chi connectivity index (χ3n) is 7.31. The van der Waals surface area contributed by atoms with Crippen molar-refractivity contribution in [2.24, 2.45) is 0 Å². The molecule has 1 amide bonds. The number of carbonyl (C=O) groups is 1. The van der Waals surface area contributed by atoms with Gasteiger partial charge in [0.25, 0.3) is 0 Å². The number of rotatable bonds is 9. The van der Waals surface area contributed by atoms with E-state index in [1.165, 1.54) is 25.4 Å². The Kier molecular flexibility index (Phi) is 7.20. The summed E-state index contributed by atoms with van der Waals surface area (Å²) < 4.78 is 71.3. The number of hydrogen-bond donors (Lipinski definition) is 1. The van der Waals surface area contributed by atoms with Crippen molar-refractivity contribution in [3.63, 3.8) is 0 Å². The lowest BCUT2D eigenvalue weighted by atomic mass is 10.0. The van der Waals surface area contributed by atoms with Crippen LogP contribution in [0.4, 0.5) is 23.4 Å². The van der Waals surface area contributed by atoms with Gasteiger partial charge in [0, 0.05) is 23.8 Å². The zero-order chi connectivity index (χ0) is 30.2. The molecule has 0 spiro atoms. The van der Waals surface area contributed by atoms with Crippen LogP contribution < -0.4 is 14.8 Å². The van der Waals surface area contributed by atoms with Gasteiger partial charge in [0.15, 0.2) is 23.1 Å². The lowest BCUT2D eigenvalue weighted by Gasteiger charge is -2.14. The molecule has 1 saturated carbocycles. The highest BCUT2D eigenvalue weighted by atomic mass is 19.4. The summed E-state index contributed by atoms with van der Waals surface area (Å²) in [6, 6.07) is 18.4. The fourth-order valence-electron chi connectivity index (χ4n) is 4.73. The molecule has 1 aliphatic carbocycles. The third kappa shape index (κ3) is 5.72. The number of anilines is 1. The minimum Gasteiger partial charge on any atom is -0.493 e. The van der Waals surface area contributed by atoms with Crippen LogP contribution in [-0.2, 0) is 23.2 Å². The number of fused-ring (bicyclic) bond motifs is 1. The number of amides is 1. The van der Waals surface area contributed by atoms with Gasteiger partial charge in [0.1, 0.15) is 17.8 Å². The van der Waals surface area contributed by atoms with Crippen molar-refractivity contribution in [3.8, 4) is 22.8 Å². The summed E-state index contributed by atoms with van der Waals surface area (Å²) in [5, 5.41) is 5.90. The maximum absolute atomic E-state index is 15.0. The number of nitrogens with zero attached hydrogens (tertiary/aromatic N) is 3. The number of benzene rings is 3. The van der Waals surface area contributed by atoms with E-state index in [4.69, 9.17) is 14.0 Å². The van der Waals surface area contributed by atoms with Gasteiger partial charge in [-0.3, -0.25) is 9.78 Å². The van der Waals surface area contributed by atoms with E-state index in [9.17, 15) is 18.0 Å². The molecule has 12 heteroatoms. The van der Waals surface area contributed by atoms with Crippen LogP contribution in [0, 0.1) is 5.82 Å². The molecule has 1 N–H and O–H groups in total. The van der Waals surface area contributed by atoms with E-state index in [0.717, 1.165) is 11.6 Å². The second-order valence-electron chi connectivity index (χ2n) is 10.2. The third-order valence-corrected chi connectivity index (χ3v) is 7.31. The van der Waals surface area contributed by atoms with Crippen molar-refractivity contribution >= 4 is 22.8 Å². The van der Waals surface area contributed by atoms with Gasteiger partial charge in [-0.1, -0.05) is 47.6 Å². The Balaban J connectivity index is 1.16. The highest BCUT2D eigenvalue weighted by Gasteiger charge is 2.66. The first-order chi connectivity index (χ1) is 20.6. The highest BCUT2D eigenvalue weighted by Crippen LogP contribution is 2.59. The van der Waals surface area contributed by atoms with Crippen LogP contribution in [0.1, 0.15) is 29.7 Å². The molecule has 0 radical (unpaired) electrons. The summed E-state index contributed by atoms with van der Waals surface area (Å²) in [4.78, 5) is 21.6. The van der Waals surface area contributed by atoms with E-state index in [1.807, 2.05) is 30.3 Å². The Morgan fingerprint density at radius 2 is 1.79 bits per heavy atom. The molecule has 1 aliphatic rings. The van der Waals surface area contributed by atoms with Crippen molar-refractivity contribution in [3.05, 3.63) is 95.6 Å². The summed E-state index contributed by atoms with van der Waals surface area (Å²) in [7, 11) is 1.53. The fourth-order valence-corrected chi connectivity index (χ4v) is 4.73. The molecule has 0 atom stereocenters. The first kappa shape index (κ1) is 28.1. The molecule has 1 fully saturated rings. The monoisotopic (exact) mass is 592 g/mol. The molecular weight excluding hydrogens is 568 g/mol. The van der Waals surface area contributed by atoms with E-state index in [2.05, 4.69) is 20.4 Å². The fraction of sp³-hybridized carbons (Fsp3) is 0.226. The molecule has 220 valence electrons. The Morgan fingerprint density at radius 1 is 1.02 bits per heavy atom. The van der Waals surface area contributed by atoms with Gasteiger partial charge in [-0.25, -0.2) is 9.37 Å². The van der Waals surface area contributed by atoms with E-state index in [0.29, 0.717) is 40.4 Å². The number of hydrogen-bond acceptors (Lipinski definition) is 7. The Hall–Kier alpha value is -5.00. The van der Waals surface area contributed by atoms with Crippen molar-refractivity contribution in [2.45, 2.75) is 37.5 Å². The van der Waals surface area contributed by atoms with Crippen molar-refractivity contribution in [1.82, 2.24) is 15.1 Å². The van der Waals surface area contributed by atoms with Crippen LogP contribution in [0.3, 0.4) is 0 Å². The van der Waals surface area contributed by atoms with Crippen LogP contribution in [0.25, 0.3) is 22.3 Å². The lowest BCUT2D eigenvalue weighted by molar-refractivity contribution is -0.165. The topological polar surface area (TPSA) is 99.4 Å². The maximum atomic E-state index is 15.0. The zero-order valence-electron chi connectivity index (χ0n) is 22.7. The smallest absolute Gasteiger partial charge is 0.401 e. The van der Waals surface area contributed by atoms with Crippen molar-refractivity contribution in [2.75, 3.05) is 12.4 Å². The summed E-state index contributed by atoms with van der Waals surface area (Å²) in [6.07, 6.45) is -3.54. The molecule has 0 unspecified atom stereocenters. The van der Waals surface area contributed by atoms with Crippen LogP contribution in [0.5, 0.6) is 11.5 Å². The second-order valence-corrected chi connectivity index (χ2v) is 10.2. The second kappa shape index (κ2) is 11.0. The number of nitrogens with one attached hydrogen (secondary N) is 1. The molecule has 3 aromatic carbocycles. The Bertz CT molecular complexity index is 1800. The molecule has 0 bridgehead atoms. The number of carbonyl (C=O) groups excluding carboxylic acids is 1. The molecule has 0 saturated heterocycles. The standard InChI is InChI=1S/C31H24F4N4O4/c1-41-25-13-22-23(14-26(25)42-17-18-5-3-2-4-6-18)37-24(16-36-22)20-8-7-19(21(32)11-20)12-29(40)38-28-15-27(43-39-28)30(9-10-30)31(33,34)35/h2-8,11,13-16H,9-10,12,17H2,1H3,(H,38,39,40). The largest absolute Gasteiger partial charge is 0.493 e. The first-order valence-corrected chi connectivity index (χ1v) is 13.3. The van der Waals surface area contributed by atoms with Gasteiger partial charge >= 0.3 is 6.18 Å². The van der Waals surface area contributed by atoms with Crippen molar-refractivity contribution in [1.29, 1.82) is 0 Å². The zero-order valence-corrected chi connectivity index (χ0v) is 22.7. The molecular formula is C31H24F4N4O4. The van der Waals surface area contributed by atoms with Gasteiger partial charge in [0.05, 0.1) is 36.5 Å². The Morgan fingerprint density at radius 3 is 2.49 bits per heavy atom. The van der Waals surface area contributed by atoms with E-state index in [-0.39, 0.29) is 36.4 Å². The SMILES string of the molecule is COc1cc2ncc(-c3ccc(CC(=O)Nc4cc(C5(C(F)(F)F)CC5)on4)c(F)c3)nc2cc1OCc1ccccc1. The number of ether oxygens (including phenoxy) is 2. The van der Waals surface area contributed by atoms with E-state index >= 15 is 4.39 Å². The first-order valence-electron chi connectivity index (χ1n) is 13.3. The number of halogens is 4. The average Bonchev–Trinajstić information content (AvgIpc) is 3.70. The average molecular weight is 593 g/mol. The van der Waals surface area contributed by atoms with Crippen LogP contribution in [0.15, 0.2) is 77.4 Å². The molecule has 2 heterocycles. The number of alkyl halides is 3. The summed E-state index contributed by atoms with van der Waals surface area (Å²) >= 11 is 0. The molecule has 43 heavy (non-hydrogen) atoms. The van der Waals surface area contributed by atoms with E-state index < -0.39 is 23.3 Å². The number of methoxy groups -OCH3 is 1. The predicted molar refractivity (Wildman–Crippen MR) is 148 cm³/mol. The molecule has 6 rings (SSSR count). The van der Waals surface area contributed by atoms with Crippen LogP contribution >= 0.6 is 0 Å². The van der Waals surface area contributed by atoms with Gasteiger partial charge in [-0.2, -0.15) is 13.2 Å². The summed E-state index contributed by atoms with van der Waals surface area (Å²) in [5.74, 6) is -0.869. The molecule has 5 aromatic rings. The van der Waals surface area contributed by atoms with Gasteiger partial charge in [-0.05, 0) is 30.0 Å². The normalized spacial score (nSPS) is 14.0. The van der Waals surface area contributed by atoms with Crippen molar-refractivity contribution < 1.29 is 36.4 Å². The predicted octanol–water partition coefficient (Wildman–Crippen LogP) is 6.79.